The molecule has 2 aromatic rings. The van der Waals surface area contributed by atoms with E-state index in [1.807, 2.05) is 42.5 Å². The second-order valence-corrected chi connectivity index (χ2v) is 5.21. The Morgan fingerprint density at radius 3 is 2.35 bits per heavy atom. The van der Waals surface area contributed by atoms with Crippen LogP contribution in [-0.4, -0.2) is 18.5 Å². The van der Waals surface area contributed by atoms with Gasteiger partial charge in [-0.25, -0.2) is 0 Å². The third-order valence-corrected chi connectivity index (χ3v) is 3.75. The maximum Gasteiger partial charge on any atom is 0.165 e. The molecule has 1 fully saturated rings. The number of rotatable bonds is 4. The number of benzene rings is 2. The third-order valence-electron chi connectivity index (χ3n) is 3.75. The molecule has 1 heterocycles. The van der Waals surface area contributed by atoms with Gasteiger partial charge in [0.1, 0.15) is 0 Å². The van der Waals surface area contributed by atoms with Crippen molar-refractivity contribution in [2.45, 2.75) is 25.4 Å². The van der Waals surface area contributed by atoms with E-state index in [-0.39, 0.29) is 11.9 Å². The second-order valence-electron chi connectivity index (χ2n) is 5.21. The van der Waals surface area contributed by atoms with Crippen LogP contribution in [-0.2, 0) is 4.74 Å². The molecule has 1 atom stereocenters. The maximum absolute atomic E-state index is 12.2. The van der Waals surface area contributed by atoms with Crippen LogP contribution in [0.5, 0.6) is 0 Å². The van der Waals surface area contributed by atoms with Gasteiger partial charge in [-0.1, -0.05) is 54.6 Å². The summed E-state index contributed by atoms with van der Waals surface area (Å²) in [5, 5.41) is 0. The Morgan fingerprint density at radius 2 is 1.70 bits per heavy atom. The first-order valence-electron chi connectivity index (χ1n) is 7.13. The van der Waals surface area contributed by atoms with Gasteiger partial charge < -0.3 is 4.74 Å². The van der Waals surface area contributed by atoms with Crippen LogP contribution in [0.1, 0.15) is 29.6 Å². The molecule has 1 saturated heterocycles. The standard InChI is InChI=1S/C18H18O2/c19-18(13-17-7-4-12-20-17)16-10-8-15(9-11-16)14-5-2-1-3-6-14/h1-3,5-6,8-11,17H,4,7,12-13H2. The summed E-state index contributed by atoms with van der Waals surface area (Å²) in [6, 6.07) is 18.0. The first-order valence-corrected chi connectivity index (χ1v) is 7.13. The van der Waals surface area contributed by atoms with Gasteiger partial charge in [0.2, 0.25) is 0 Å². The molecular weight excluding hydrogens is 248 g/mol. The lowest BCUT2D eigenvalue weighted by Gasteiger charge is -2.08. The normalized spacial score (nSPS) is 18.1. The van der Waals surface area contributed by atoms with E-state index in [0.29, 0.717) is 6.42 Å². The summed E-state index contributed by atoms with van der Waals surface area (Å²) in [5.41, 5.74) is 3.09. The Kier molecular flexibility index (Phi) is 3.93. The van der Waals surface area contributed by atoms with Crippen LogP contribution in [0, 0.1) is 0 Å². The summed E-state index contributed by atoms with van der Waals surface area (Å²) >= 11 is 0. The molecule has 2 nitrogen and oxygen atoms in total. The van der Waals surface area contributed by atoms with Crippen molar-refractivity contribution in [3.05, 3.63) is 60.2 Å². The minimum absolute atomic E-state index is 0.122. The van der Waals surface area contributed by atoms with E-state index in [1.165, 1.54) is 5.56 Å². The molecule has 2 heteroatoms. The van der Waals surface area contributed by atoms with Gasteiger partial charge >= 0.3 is 0 Å². The molecule has 0 spiro atoms. The SMILES string of the molecule is O=C(CC1CCCO1)c1ccc(-c2ccccc2)cc1. The smallest absolute Gasteiger partial charge is 0.165 e. The van der Waals surface area contributed by atoms with E-state index in [2.05, 4.69) is 12.1 Å². The van der Waals surface area contributed by atoms with Gasteiger partial charge in [0, 0.05) is 18.6 Å². The quantitative estimate of drug-likeness (QED) is 0.779. The van der Waals surface area contributed by atoms with Crippen LogP contribution in [0.4, 0.5) is 0 Å². The molecule has 0 amide bonds. The van der Waals surface area contributed by atoms with Crippen LogP contribution in [0.15, 0.2) is 54.6 Å². The summed E-state index contributed by atoms with van der Waals surface area (Å²) in [6.45, 7) is 0.797. The van der Waals surface area contributed by atoms with Gasteiger partial charge in [0.25, 0.3) is 0 Å². The molecule has 20 heavy (non-hydrogen) atoms. The van der Waals surface area contributed by atoms with Crippen molar-refractivity contribution in [1.29, 1.82) is 0 Å². The van der Waals surface area contributed by atoms with Gasteiger partial charge in [-0.15, -0.1) is 0 Å². The molecule has 3 rings (SSSR count). The molecule has 0 aliphatic carbocycles. The third kappa shape index (κ3) is 2.97. The van der Waals surface area contributed by atoms with Crippen molar-refractivity contribution in [2.75, 3.05) is 6.61 Å². The van der Waals surface area contributed by atoms with Crippen LogP contribution in [0.25, 0.3) is 11.1 Å². The Bertz CT molecular complexity index is 566. The highest BCUT2D eigenvalue weighted by Gasteiger charge is 2.19. The Hall–Kier alpha value is -1.93. The average molecular weight is 266 g/mol. The van der Waals surface area contributed by atoms with Crippen LogP contribution in [0.3, 0.4) is 0 Å². The largest absolute Gasteiger partial charge is 0.378 e. The average Bonchev–Trinajstić information content (AvgIpc) is 3.01. The number of Topliss-reactive ketones (excluding diaryl/α,β-unsaturated/α-hetero) is 1. The molecule has 2 aromatic carbocycles. The highest BCUT2D eigenvalue weighted by molar-refractivity contribution is 5.96. The fourth-order valence-electron chi connectivity index (χ4n) is 2.61. The van der Waals surface area contributed by atoms with Crippen LogP contribution >= 0.6 is 0 Å². The van der Waals surface area contributed by atoms with Crippen molar-refractivity contribution < 1.29 is 9.53 Å². The fourth-order valence-corrected chi connectivity index (χ4v) is 2.61. The number of ketones is 1. The van der Waals surface area contributed by atoms with E-state index in [4.69, 9.17) is 4.74 Å². The first kappa shape index (κ1) is 13.1. The Morgan fingerprint density at radius 1 is 1.00 bits per heavy atom. The monoisotopic (exact) mass is 266 g/mol. The van der Waals surface area contributed by atoms with E-state index in [0.717, 1.165) is 30.6 Å². The topological polar surface area (TPSA) is 26.3 Å². The number of ether oxygens (including phenoxy) is 1. The molecule has 0 saturated carbocycles. The van der Waals surface area contributed by atoms with E-state index >= 15 is 0 Å². The first-order chi connectivity index (χ1) is 9.83. The lowest BCUT2D eigenvalue weighted by Crippen LogP contribution is -2.12. The van der Waals surface area contributed by atoms with Crippen LogP contribution < -0.4 is 0 Å². The van der Waals surface area contributed by atoms with Gasteiger partial charge in [-0.3, -0.25) is 4.79 Å². The van der Waals surface area contributed by atoms with Crippen molar-refractivity contribution in [2.24, 2.45) is 0 Å². The molecule has 1 aliphatic rings. The van der Waals surface area contributed by atoms with Gasteiger partial charge in [-0.2, -0.15) is 0 Å². The summed E-state index contributed by atoms with van der Waals surface area (Å²) in [7, 11) is 0. The lowest BCUT2D eigenvalue weighted by molar-refractivity contribution is 0.0775. The predicted molar refractivity (Wildman–Crippen MR) is 79.8 cm³/mol. The molecule has 1 aliphatic heterocycles. The van der Waals surface area contributed by atoms with Gasteiger partial charge in [0.05, 0.1) is 6.10 Å². The number of hydrogen-bond acceptors (Lipinski definition) is 2. The van der Waals surface area contributed by atoms with Crippen LogP contribution in [0.2, 0.25) is 0 Å². The van der Waals surface area contributed by atoms with Gasteiger partial charge in [-0.05, 0) is 24.0 Å². The number of carbonyl (C=O) groups excluding carboxylic acids is 1. The van der Waals surface area contributed by atoms with Crippen molar-refractivity contribution in [1.82, 2.24) is 0 Å². The molecule has 0 bridgehead atoms. The fraction of sp³-hybridized carbons (Fsp3) is 0.278. The zero-order valence-electron chi connectivity index (χ0n) is 11.4. The van der Waals surface area contributed by atoms with E-state index < -0.39 is 0 Å². The molecule has 1 unspecified atom stereocenters. The maximum atomic E-state index is 12.2. The number of hydrogen-bond donors (Lipinski definition) is 0. The van der Waals surface area contributed by atoms with E-state index in [9.17, 15) is 4.79 Å². The molecule has 0 N–H and O–H groups in total. The minimum Gasteiger partial charge on any atom is -0.378 e. The zero-order valence-corrected chi connectivity index (χ0v) is 11.4. The molecular formula is C18H18O2. The Balaban J connectivity index is 1.71. The molecule has 0 radical (unpaired) electrons. The predicted octanol–water partition coefficient (Wildman–Crippen LogP) is 4.11. The summed E-state index contributed by atoms with van der Waals surface area (Å²) in [5.74, 6) is 0.177. The summed E-state index contributed by atoms with van der Waals surface area (Å²) in [4.78, 5) is 12.2. The lowest BCUT2D eigenvalue weighted by atomic mass is 10.00. The summed E-state index contributed by atoms with van der Waals surface area (Å²) < 4.78 is 5.52. The number of carbonyl (C=O) groups is 1. The van der Waals surface area contributed by atoms with Gasteiger partial charge in [0.15, 0.2) is 5.78 Å². The highest BCUT2D eigenvalue weighted by atomic mass is 16.5. The zero-order chi connectivity index (χ0) is 13.8. The second kappa shape index (κ2) is 6.02. The van der Waals surface area contributed by atoms with Crippen molar-refractivity contribution >= 4 is 5.78 Å². The van der Waals surface area contributed by atoms with Crippen molar-refractivity contribution in [3.63, 3.8) is 0 Å². The molecule has 0 aromatic heterocycles. The summed E-state index contributed by atoms with van der Waals surface area (Å²) in [6.07, 6.45) is 2.71. The Labute approximate surface area is 119 Å². The van der Waals surface area contributed by atoms with Crippen molar-refractivity contribution in [3.8, 4) is 11.1 Å². The minimum atomic E-state index is 0.122. The van der Waals surface area contributed by atoms with E-state index in [1.54, 1.807) is 0 Å². The highest BCUT2D eigenvalue weighted by Crippen LogP contribution is 2.21. The molecule has 102 valence electrons.